The number of nitrogens with zero attached hydrogens (tertiary/aromatic N) is 2. The van der Waals surface area contributed by atoms with Gasteiger partial charge in [0.1, 0.15) is 12.2 Å². The summed E-state index contributed by atoms with van der Waals surface area (Å²) in [5.74, 6) is -0.0429. The molecule has 2 fully saturated rings. The fourth-order valence-electron chi connectivity index (χ4n) is 4.83. The van der Waals surface area contributed by atoms with Crippen LogP contribution in [0, 0.1) is 11.3 Å². The van der Waals surface area contributed by atoms with Crippen LogP contribution in [0.3, 0.4) is 0 Å². The molecule has 5 nitrogen and oxygen atoms in total. The summed E-state index contributed by atoms with van der Waals surface area (Å²) >= 11 is 0. The molecule has 0 aliphatic carbocycles. The first-order valence-electron chi connectivity index (χ1n) is 11.5. The molecule has 2 aromatic rings. The molecule has 2 heterocycles. The number of hydrogen-bond donors (Lipinski definition) is 1. The van der Waals surface area contributed by atoms with Crippen molar-refractivity contribution >= 4 is 5.91 Å². The minimum atomic E-state index is -4.59. The summed E-state index contributed by atoms with van der Waals surface area (Å²) in [5, 5.41) is 13.3. The topological polar surface area (TPSA) is 65.4 Å². The Morgan fingerprint density at radius 3 is 2.46 bits per heavy atom. The van der Waals surface area contributed by atoms with Crippen molar-refractivity contribution < 1.29 is 27.1 Å². The quantitative estimate of drug-likeness (QED) is 0.438. The molecule has 2 aliphatic rings. The van der Waals surface area contributed by atoms with Crippen molar-refractivity contribution in [3.63, 3.8) is 0 Å². The summed E-state index contributed by atoms with van der Waals surface area (Å²) in [6.45, 7) is 1.54. The van der Waals surface area contributed by atoms with Crippen LogP contribution < -0.4 is 5.32 Å². The van der Waals surface area contributed by atoms with E-state index in [-0.39, 0.29) is 30.2 Å². The van der Waals surface area contributed by atoms with E-state index in [1.54, 1.807) is 11.8 Å². The van der Waals surface area contributed by atoms with Crippen LogP contribution in [0.1, 0.15) is 54.5 Å². The second-order valence-corrected chi connectivity index (χ2v) is 9.29. The molecule has 0 spiro atoms. The van der Waals surface area contributed by atoms with E-state index in [0.717, 1.165) is 17.7 Å². The van der Waals surface area contributed by atoms with Gasteiger partial charge < -0.3 is 15.0 Å². The lowest BCUT2D eigenvalue weighted by Crippen LogP contribution is -2.67. The van der Waals surface area contributed by atoms with E-state index < -0.39 is 35.6 Å². The van der Waals surface area contributed by atoms with Crippen molar-refractivity contribution in [3.05, 3.63) is 70.8 Å². The SMILES string of the molecule is C[C@@H](OC[C@@]1(c2ccccc2)CC[C@](C#N)(N2CCC2=O)CN1)c1cc(CF)cc(C(F)(F)F)c1. The number of piperidine rings is 1. The second kappa shape index (κ2) is 9.59. The first kappa shape index (κ1) is 25.1. The van der Waals surface area contributed by atoms with Crippen LogP contribution in [0.15, 0.2) is 48.5 Å². The number of amides is 1. The Bertz CT molecular complexity index is 1110. The first-order chi connectivity index (χ1) is 16.6. The Balaban J connectivity index is 1.56. The Hall–Kier alpha value is -2.96. The fourth-order valence-corrected chi connectivity index (χ4v) is 4.83. The third kappa shape index (κ3) is 4.91. The Morgan fingerprint density at radius 2 is 1.94 bits per heavy atom. The molecule has 0 saturated carbocycles. The van der Waals surface area contributed by atoms with Crippen LogP contribution in [-0.4, -0.2) is 36.0 Å². The highest BCUT2D eigenvalue weighted by molar-refractivity contribution is 5.83. The Morgan fingerprint density at radius 1 is 1.20 bits per heavy atom. The molecule has 3 atom stereocenters. The summed E-state index contributed by atoms with van der Waals surface area (Å²) < 4.78 is 59.3. The van der Waals surface area contributed by atoms with Gasteiger partial charge in [0, 0.05) is 19.5 Å². The summed E-state index contributed by atoms with van der Waals surface area (Å²) in [5.41, 5.74) is -1.45. The molecule has 0 bridgehead atoms. The minimum Gasteiger partial charge on any atom is -0.372 e. The predicted octanol–water partition coefficient (Wildman–Crippen LogP) is 5.03. The third-order valence-corrected chi connectivity index (χ3v) is 7.13. The molecular formula is C26H27F4N3O2. The number of hydrogen-bond acceptors (Lipinski definition) is 4. The lowest BCUT2D eigenvalue weighted by molar-refractivity contribution is -0.148. The molecule has 186 valence electrons. The number of carbonyl (C=O) groups is 1. The van der Waals surface area contributed by atoms with Crippen LogP contribution in [0.25, 0.3) is 0 Å². The summed E-state index contributed by atoms with van der Waals surface area (Å²) in [6.07, 6.45) is -3.97. The van der Waals surface area contributed by atoms with Crippen LogP contribution >= 0.6 is 0 Å². The standard InChI is InChI=1S/C26H27F4N3O2/c1-18(20-11-19(14-27)12-22(13-20)26(28,29)30)35-17-25(21-5-3-2-4-6-21)9-8-24(15-31,16-32-25)33-10-7-23(33)34/h2-6,11-13,18,32H,7-10,14,16-17H2,1H3/t18-,24-,25-/m1/s1. The largest absolute Gasteiger partial charge is 0.416 e. The number of rotatable bonds is 7. The average Bonchev–Trinajstić information content (AvgIpc) is 2.87. The van der Waals surface area contributed by atoms with Gasteiger partial charge in [-0.3, -0.25) is 4.79 Å². The summed E-state index contributed by atoms with van der Waals surface area (Å²) in [7, 11) is 0. The predicted molar refractivity (Wildman–Crippen MR) is 121 cm³/mol. The molecule has 0 aromatic heterocycles. The van der Waals surface area contributed by atoms with Gasteiger partial charge in [-0.25, -0.2) is 4.39 Å². The zero-order valence-corrected chi connectivity index (χ0v) is 19.4. The highest BCUT2D eigenvalue weighted by Gasteiger charge is 2.50. The van der Waals surface area contributed by atoms with Gasteiger partial charge in [-0.2, -0.15) is 18.4 Å². The second-order valence-electron chi connectivity index (χ2n) is 9.29. The van der Waals surface area contributed by atoms with Crippen molar-refractivity contribution in [1.82, 2.24) is 10.2 Å². The van der Waals surface area contributed by atoms with E-state index in [9.17, 15) is 27.6 Å². The molecule has 2 aliphatic heterocycles. The zero-order chi connectivity index (χ0) is 25.3. The molecule has 9 heteroatoms. The lowest BCUT2D eigenvalue weighted by atomic mass is 9.75. The van der Waals surface area contributed by atoms with Crippen molar-refractivity contribution in [3.8, 4) is 6.07 Å². The molecule has 2 aromatic carbocycles. The molecular weight excluding hydrogens is 462 g/mol. The van der Waals surface area contributed by atoms with Crippen LogP contribution in [-0.2, 0) is 27.9 Å². The van der Waals surface area contributed by atoms with Crippen LogP contribution in [0.5, 0.6) is 0 Å². The van der Waals surface area contributed by atoms with Gasteiger partial charge >= 0.3 is 6.18 Å². The van der Waals surface area contributed by atoms with Crippen LogP contribution in [0.2, 0.25) is 0 Å². The van der Waals surface area contributed by atoms with Crippen molar-refractivity contribution in [2.75, 3.05) is 19.7 Å². The van der Waals surface area contributed by atoms with Crippen molar-refractivity contribution in [2.24, 2.45) is 0 Å². The molecule has 2 saturated heterocycles. The van der Waals surface area contributed by atoms with Gasteiger partial charge in [-0.15, -0.1) is 0 Å². The van der Waals surface area contributed by atoms with E-state index in [2.05, 4.69) is 11.4 Å². The molecule has 0 unspecified atom stereocenters. The molecule has 1 amide bonds. The number of halogens is 4. The minimum absolute atomic E-state index is 0.0429. The van der Waals surface area contributed by atoms with E-state index in [1.807, 2.05) is 30.3 Å². The number of benzene rings is 2. The van der Waals surface area contributed by atoms with Crippen molar-refractivity contribution in [1.29, 1.82) is 5.26 Å². The lowest BCUT2D eigenvalue weighted by Gasteiger charge is -2.51. The van der Waals surface area contributed by atoms with Gasteiger partial charge in [0.05, 0.1) is 29.9 Å². The van der Waals surface area contributed by atoms with E-state index in [1.165, 1.54) is 6.07 Å². The van der Waals surface area contributed by atoms with Gasteiger partial charge in [-0.1, -0.05) is 36.4 Å². The number of carbonyl (C=O) groups excluding carboxylic acids is 1. The third-order valence-electron chi connectivity index (χ3n) is 7.13. The number of alkyl halides is 4. The van der Waals surface area contributed by atoms with E-state index >= 15 is 0 Å². The van der Waals surface area contributed by atoms with Crippen molar-refractivity contribution in [2.45, 2.75) is 56.2 Å². The van der Waals surface area contributed by atoms with Gasteiger partial charge in [0.15, 0.2) is 0 Å². The van der Waals surface area contributed by atoms with Gasteiger partial charge in [0.2, 0.25) is 5.91 Å². The molecule has 4 rings (SSSR count). The Kier molecular flexibility index (Phi) is 6.89. The maximum atomic E-state index is 13.3. The maximum Gasteiger partial charge on any atom is 0.416 e. The number of ether oxygens (including phenoxy) is 1. The average molecular weight is 490 g/mol. The zero-order valence-electron chi connectivity index (χ0n) is 19.4. The smallest absolute Gasteiger partial charge is 0.372 e. The maximum absolute atomic E-state index is 13.3. The molecule has 35 heavy (non-hydrogen) atoms. The number of nitriles is 1. The number of nitrogens with one attached hydrogen (secondary N) is 1. The molecule has 0 radical (unpaired) electrons. The summed E-state index contributed by atoms with van der Waals surface area (Å²) in [4.78, 5) is 13.7. The number of likely N-dealkylation sites (tertiary alicyclic amines) is 1. The fraction of sp³-hybridized carbons (Fsp3) is 0.462. The molecule has 1 N–H and O–H groups in total. The monoisotopic (exact) mass is 489 g/mol. The van der Waals surface area contributed by atoms with Gasteiger partial charge in [-0.05, 0) is 48.6 Å². The van der Waals surface area contributed by atoms with E-state index in [0.29, 0.717) is 25.8 Å². The highest BCUT2D eigenvalue weighted by Crippen LogP contribution is 2.40. The normalized spacial score (nSPS) is 25.6. The number of β-lactam (4-membered cyclic amide) rings is 1. The Labute approximate surface area is 201 Å². The first-order valence-corrected chi connectivity index (χ1v) is 11.5. The van der Waals surface area contributed by atoms with Gasteiger partial charge in [0.25, 0.3) is 0 Å². The van der Waals surface area contributed by atoms with E-state index in [4.69, 9.17) is 4.74 Å². The summed E-state index contributed by atoms with van der Waals surface area (Å²) in [6, 6.07) is 15.0. The highest BCUT2D eigenvalue weighted by atomic mass is 19.4. The van der Waals surface area contributed by atoms with Crippen LogP contribution in [0.4, 0.5) is 17.6 Å².